The summed E-state index contributed by atoms with van der Waals surface area (Å²) in [5.41, 5.74) is 6.38. The van der Waals surface area contributed by atoms with Crippen molar-refractivity contribution in [1.29, 1.82) is 0 Å². The molecular formula is C21H28NO4. The van der Waals surface area contributed by atoms with Gasteiger partial charge in [0, 0.05) is 11.8 Å². The predicted octanol–water partition coefficient (Wildman–Crippen LogP) is 3.73. The summed E-state index contributed by atoms with van der Waals surface area (Å²) in [6.07, 6.45) is -0.119. The third kappa shape index (κ3) is 7.76. The number of para-hydroxylation sites is 1. The maximum absolute atomic E-state index is 5.79. The van der Waals surface area contributed by atoms with Crippen LogP contribution in [0, 0.1) is 6.07 Å². The number of ether oxygens (including phenoxy) is 4. The first-order valence-electron chi connectivity index (χ1n) is 8.88. The summed E-state index contributed by atoms with van der Waals surface area (Å²) in [4.78, 5) is 0. The minimum atomic E-state index is -0.0598. The maximum Gasteiger partial charge on any atom is 0.127 e. The minimum absolute atomic E-state index is 0.0294. The molecule has 5 heteroatoms. The van der Waals surface area contributed by atoms with Gasteiger partial charge < -0.3 is 24.7 Å². The largest absolute Gasteiger partial charge is 0.490 e. The van der Waals surface area contributed by atoms with E-state index in [0.717, 1.165) is 17.2 Å². The highest BCUT2D eigenvalue weighted by Crippen LogP contribution is 2.15. The summed E-state index contributed by atoms with van der Waals surface area (Å²) in [7, 11) is 0. The topological polar surface area (TPSA) is 62.9 Å². The average molecular weight is 358 g/mol. The van der Waals surface area contributed by atoms with E-state index in [2.05, 4.69) is 6.07 Å². The summed E-state index contributed by atoms with van der Waals surface area (Å²) in [6, 6.07) is 17.9. The van der Waals surface area contributed by atoms with Crippen LogP contribution in [0.5, 0.6) is 11.5 Å². The molecule has 0 saturated carbocycles. The number of benzene rings is 2. The van der Waals surface area contributed by atoms with Crippen molar-refractivity contribution >= 4 is 5.69 Å². The molecule has 1 radical (unpaired) electrons. The van der Waals surface area contributed by atoms with Crippen LogP contribution in [0.2, 0.25) is 0 Å². The van der Waals surface area contributed by atoms with E-state index in [9.17, 15) is 0 Å². The van der Waals surface area contributed by atoms with Gasteiger partial charge in [0.25, 0.3) is 0 Å². The Labute approximate surface area is 156 Å². The zero-order valence-corrected chi connectivity index (χ0v) is 15.7. The molecule has 3 unspecified atom stereocenters. The van der Waals surface area contributed by atoms with Crippen molar-refractivity contribution in [1.82, 2.24) is 0 Å². The monoisotopic (exact) mass is 358 g/mol. The van der Waals surface area contributed by atoms with Crippen LogP contribution in [0.25, 0.3) is 0 Å². The van der Waals surface area contributed by atoms with Gasteiger partial charge in [-0.15, -0.1) is 0 Å². The van der Waals surface area contributed by atoms with Crippen molar-refractivity contribution in [2.45, 2.75) is 39.1 Å². The Kier molecular flexibility index (Phi) is 8.25. The molecule has 5 nitrogen and oxygen atoms in total. The van der Waals surface area contributed by atoms with Gasteiger partial charge in [-0.1, -0.05) is 18.2 Å². The zero-order valence-electron chi connectivity index (χ0n) is 15.7. The number of nitrogens with two attached hydrogens (primary N) is 1. The van der Waals surface area contributed by atoms with Gasteiger partial charge in [-0.05, 0) is 51.1 Å². The molecule has 0 aromatic heterocycles. The quantitative estimate of drug-likeness (QED) is 0.620. The summed E-state index contributed by atoms with van der Waals surface area (Å²) in [5, 5.41) is 0. The molecule has 0 spiro atoms. The Morgan fingerprint density at radius 2 is 1.50 bits per heavy atom. The Morgan fingerprint density at radius 3 is 2.15 bits per heavy atom. The normalized spacial score (nSPS) is 14.4. The van der Waals surface area contributed by atoms with Crippen LogP contribution in [0.15, 0.2) is 48.5 Å². The lowest BCUT2D eigenvalue weighted by atomic mass is 10.3. The molecule has 0 aliphatic carbocycles. The Bertz CT molecular complexity index is 618. The molecule has 0 fully saturated rings. The molecule has 0 bridgehead atoms. The highest BCUT2D eigenvalue weighted by atomic mass is 16.6. The predicted molar refractivity (Wildman–Crippen MR) is 103 cm³/mol. The molecule has 141 valence electrons. The van der Waals surface area contributed by atoms with Crippen molar-refractivity contribution in [2.75, 3.05) is 25.6 Å². The molecular weight excluding hydrogens is 330 g/mol. The maximum atomic E-state index is 5.79. The summed E-state index contributed by atoms with van der Waals surface area (Å²) < 4.78 is 23.0. The van der Waals surface area contributed by atoms with Crippen LogP contribution < -0.4 is 15.2 Å². The number of rotatable bonds is 11. The third-order valence-corrected chi connectivity index (χ3v) is 3.60. The van der Waals surface area contributed by atoms with E-state index >= 15 is 0 Å². The smallest absolute Gasteiger partial charge is 0.127 e. The van der Waals surface area contributed by atoms with Crippen LogP contribution in [0.3, 0.4) is 0 Å². The first kappa shape index (κ1) is 20.1. The van der Waals surface area contributed by atoms with E-state index in [-0.39, 0.29) is 18.3 Å². The number of nitrogen functional groups attached to an aromatic ring is 1. The van der Waals surface area contributed by atoms with Crippen molar-refractivity contribution < 1.29 is 18.9 Å². The van der Waals surface area contributed by atoms with Gasteiger partial charge >= 0.3 is 0 Å². The SMILES string of the molecule is CC(COc1[c]cccc1)OCC(C)OCC(C)Oc1ccc(N)cc1. The fraction of sp³-hybridized carbons (Fsp3) is 0.429. The molecule has 0 saturated heterocycles. The molecule has 0 heterocycles. The number of hydrogen-bond acceptors (Lipinski definition) is 5. The molecule has 26 heavy (non-hydrogen) atoms. The molecule has 0 aliphatic rings. The Morgan fingerprint density at radius 1 is 0.846 bits per heavy atom. The molecule has 2 aromatic carbocycles. The second-order valence-electron chi connectivity index (χ2n) is 6.32. The zero-order chi connectivity index (χ0) is 18.8. The molecule has 0 amide bonds. The summed E-state index contributed by atoms with van der Waals surface area (Å²) >= 11 is 0. The van der Waals surface area contributed by atoms with Gasteiger partial charge in [0.2, 0.25) is 0 Å². The standard InChI is InChI=1S/C21H28NO4/c1-16(13-23-17(2)14-25-20-7-5-4-6-8-20)24-15-18(3)26-21-11-9-19(22)10-12-21/h4-7,9-12,16-18H,13-15,22H2,1-3H3. The lowest BCUT2D eigenvalue weighted by Crippen LogP contribution is -2.28. The van der Waals surface area contributed by atoms with Crippen molar-refractivity contribution in [3.63, 3.8) is 0 Å². The first-order valence-corrected chi connectivity index (χ1v) is 8.88. The van der Waals surface area contributed by atoms with E-state index < -0.39 is 0 Å². The van der Waals surface area contributed by atoms with E-state index in [0.29, 0.717) is 19.8 Å². The van der Waals surface area contributed by atoms with Gasteiger partial charge in [0.1, 0.15) is 24.2 Å². The first-order chi connectivity index (χ1) is 12.5. The van der Waals surface area contributed by atoms with Crippen LogP contribution in [-0.2, 0) is 9.47 Å². The summed E-state index contributed by atoms with van der Waals surface area (Å²) in [5.74, 6) is 1.50. The molecule has 0 aliphatic heterocycles. The van der Waals surface area contributed by atoms with Crippen LogP contribution in [-0.4, -0.2) is 38.1 Å². The van der Waals surface area contributed by atoms with E-state index in [1.807, 2.05) is 69.3 Å². The van der Waals surface area contributed by atoms with E-state index in [1.54, 1.807) is 0 Å². The van der Waals surface area contributed by atoms with Crippen molar-refractivity contribution in [3.8, 4) is 11.5 Å². The van der Waals surface area contributed by atoms with Gasteiger partial charge in [-0.2, -0.15) is 0 Å². The summed E-state index contributed by atoms with van der Waals surface area (Å²) in [6.45, 7) is 7.38. The second-order valence-corrected chi connectivity index (χ2v) is 6.32. The second kappa shape index (κ2) is 10.7. The highest BCUT2D eigenvalue weighted by Gasteiger charge is 2.11. The number of hydrogen-bond donors (Lipinski definition) is 1. The lowest BCUT2D eigenvalue weighted by molar-refractivity contribution is -0.0568. The van der Waals surface area contributed by atoms with E-state index in [1.165, 1.54) is 0 Å². The van der Waals surface area contributed by atoms with Crippen LogP contribution >= 0.6 is 0 Å². The molecule has 2 aromatic rings. The minimum Gasteiger partial charge on any atom is -0.490 e. The lowest BCUT2D eigenvalue weighted by Gasteiger charge is -2.20. The van der Waals surface area contributed by atoms with Gasteiger partial charge in [0.05, 0.1) is 25.4 Å². The van der Waals surface area contributed by atoms with Crippen LogP contribution in [0.4, 0.5) is 5.69 Å². The molecule has 3 atom stereocenters. The fourth-order valence-electron chi connectivity index (χ4n) is 2.18. The molecule has 2 N–H and O–H groups in total. The van der Waals surface area contributed by atoms with Gasteiger partial charge in [-0.3, -0.25) is 0 Å². The van der Waals surface area contributed by atoms with Crippen LogP contribution in [0.1, 0.15) is 20.8 Å². The van der Waals surface area contributed by atoms with Crippen molar-refractivity contribution in [3.05, 3.63) is 54.6 Å². The van der Waals surface area contributed by atoms with Gasteiger partial charge in [-0.25, -0.2) is 0 Å². The number of anilines is 1. The van der Waals surface area contributed by atoms with Gasteiger partial charge in [0.15, 0.2) is 0 Å². The Balaban J connectivity index is 1.58. The fourth-order valence-corrected chi connectivity index (χ4v) is 2.18. The molecule has 2 rings (SSSR count). The average Bonchev–Trinajstić information content (AvgIpc) is 2.65. The highest BCUT2D eigenvalue weighted by molar-refractivity contribution is 5.41. The van der Waals surface area contributed by atoms with E-state index in [4.69, 9.17) is 24.7 Å². The van der Waals surface area contributed by atoms with Crippen molar-refractivity contribution in [2.24, 2.45) is 0 Å². The third-order valence-electron chi connectivity index (χ3n) is 3.60. The Hall–Kier alpha value is -2.24.